The smallest absolute Gasteiger partial charge is 0.287 e. The zero-order chi connectivity index (χ0) is 15.2. The molecule has 6 heteroatoms. The molecule has 0 saturated heterocycles. The number of halogens is 1. The lowest BCUT2D eigenvalue weighted by molar-refractivity contribution is 0.543. The first-order chi connectivity index (χ1) is 10.1. The van der Waals surface area contributed by atoms with Gasteiger partial charge in [0.05, 0.1) is 17.9 Å². The lowest BCUT2D eigenvalue weighted by atomic mass is 10.1. The third-order valence-electron chi connectivity index (χ3n) is 3.26. The Balaban J connectivity index is 2.18. The molecule has 2 rings (SSSR count). The SMILES string of the molecule is CCCCn1ncc(NC(C)c2cccnc2)c(Cl)c1=O. The van der Waals surface area contributed by atoms with Crippen LogP contribution in [-0.2, 0) is 6.54 Å². The molecule has 2 aromatic heterocycles. The zero-order valence-electron chi connectivity index (χ0n) is 12.2. The molecule has 0 aliphatic rings. The van der Waals surface area contributed by atoms with Gasteiger partial charge in [-0.15, -0.1) is 0 Å². The number of anilines is 1. The predicted molar refractivity (Wildman–Crippen MR) is 84.7 cm³/mol. The van der Waals surface area contributed by atoms with Crippen molar-refractivity contribution in [3.05, 3.63) is 51.7 Å². The molecule has 21 heavy (non-hydrogen) atoms. The topological polar surface area (TPSA) is 59.8 Å². The van der Waals surface area contributed by atoms with Crippen molar-refractivity contribution in [3.8, 4) is 0 Å². The van der Waals surface area contributed by atoms with Crippen LogP contribution in [0.3, 0.4) is 0 Å². The van der Waals surface area contributed by atoms with Crippen molar-refractivity contribution in [3.63, 3.8) is 0 Å². The number of unbranched alkanes of at least 4 members (excludes halogenated alkanes) is 1. The lowest BCUT2D eigenvalue weighted by Crippen LogP contribution is -2.24. The van der Waals surface area contributed by atoms with Crippen molar-refractivity contribution in [2.45, 2.75) is 39.3 Å². The summed E-state index contributed by atoms with van der Waals surface area (Å²) >= 11 is 6.16. The van der Waals surface area contributed by atoms with Gasteiger partial charge in [0.2, 0.25) is 0 Å². The number of rotatable bonds is 6. The summed E-state index contributed by atoms with van der Waals surface area (Å²) in [4.78, 5) is 16.2. The number of hydrogen-bond acceptors (Lipinski definition) is 4. The van der Waals surface area contributed by atoms with E-state index >= 15 is 0 Å². The van der Waals surface area contributed by atoms with E-state index in [1.807, 2.05) is 19.1 Å². The summed E-state index contributed by atoms with van der Waals surface area (Å²) in [6.45, 7) is 4.64. The third kappa shape index (κ3) is 3.82. The second-order valence-corrected chi connectivity index (χ2v) is 5.28. The summed E-state index contributed by atoms with van der Waals surface area (Å²) < 4.78 is 1.41. The van der Waals surface area contributed by atoms with Crippen LogP contribution in [0.15, 0.2) is 35.5 Å². The summed E-state index contributed by atoms with van der Waals surface area (Å²) in [6, 6.07) is 3.83. The maximum atomic E-state index is 12.1. The van der Waals surface area contributed by atoms with Gasteiger partial charge in [0.15, 0.2) is 0 Å². The molecular weight excluding hydrogens is 288 g/mol. The number of pyridine rings is 1. The average molecular weight is 307 g/mol. The van der Waals surface area contributed by atoms with Gasteiger partial charge in [0, 0.05) is 18.9 Å². The largest absolute Gasteiger partial charge is 0.376 e. The van der Waals surface area contributed by atoms with Crippen LogP contribution in [0.4, 0.5) is 5.69 Å². The Morgan fingerprint density at radius 3 is 2.90 bits per heavy atom. The Morgan fingerprint density at radius 1 is 1.43 bits per heavy atom. The molecule has 0 fully saturated rings. The second-order valence-electron chi connectivity index (χ2n) is 4.91. The van der Waals surface area contributed by atoms with Gasteiger partial charge < -0.3 is 5.32 Å². The van der Waals surface area contributed by atoms with E-state index in [1.54, 1.807) is 18.6 Å². The molecule has 0 bridgehead atoms. The first-order valence-corrected chi connectivity index (χ1v) is 7.43. The van der Waals surface area contributed by atoms with Crippen molar-refractivity contribution in [1.29, 1.82) is 0 Å². The van der Waals surface area contributed by atoms with E-state index in [2.05, 4.69) is 22.3 Å². The Kier molecular flexibility index (Phi) is 5.33. The Bertz CT molecular complexity index is 642. The van der Waals surface area contributed by atoms with Gasteiger partial charge in [-0.3, -0.25) is 9.78 Å². The van der Waals surface area contributed by atoms with Crippen LogP contribution >= 0.6 is 11.6 Å². The number of aromatic nitrogens is 3. The molecule has 2 heterocycles. The van der Waals surface area contributed by atoms with Crippen LogP contribution < -0.4 is 10.9 Å². The predicted octanol–water partition coefficient (Wildman–Crippen LogP) is 3.26. The Labute approximate surface area is 129 Å². The molecule has 0 spiro atoms. The summed E-state index contributed by atoms with van der Waals surface area (Å²) in [7, 11) is 0. The van der Waals surface area contributed by atoms with E-state index in [4.69, 9.17) is 11.6 Å². The first kappa shape index (κ1) is 15.5. The van der Waals surface area contributed by atoms with E-state index in [0.717, 1.165) is 18.4 Å². The minimum atomic E-state index is -0.256. The highest BCUT2D eigenvalue weighted by Gasteiger charge is 2.12. The van der Waals surface area contributed by atoms with Crippen molar-refractivity contribution in [2.24, 2.45) is 0 Å². The Hall–Kier alpha value is -1.88. The monoisotopic (exact) mass is 306 g/mol. The third-order valence-corrected chi connectivity index (χ3v) is 3.63. The van der Waals surface area contributed by atoms with Gasteiger partial charge in [-0.05, 0) is 25.0 Å². The average Bonchev–Trinajstić information content (AvgIpc) is 2.52. The molecule has 2 aromatic rings. The van der Waals surface area contributed by atoms with Crippen molar-refractivity contribution < 1.29 is 0 Å². The van der Waals surface area contributed by atoms with Gasteiger partial charge in [-0.25, -0.2) is 4.68 Å². The highest BCUT2D eigenvalue weighted by Crippen LogP contribution is 2.22. The molecule has 1 atom stereocenters. The summed E-state index contributed by atoms with van der Waals surface area (Å²) in [6.07, 6.45) is 7.01. The van der Waals surface area contributed by atoms with E-state index in [1.165, 1.54) is 4.68 Å². The minimum absolute atomic E-state index is 0.0103. The lowest BCUT2D eigenvalue weighted by Gasteiger charge is -2.16. The van der Waals surface area contributed by atoms with Crippen molar-refractivity contribution in [2.75, 3.05) is 5.32 Å². The zero-order valence-corrected chi connectivity index (χ0v) is 13.0. The molecule has 0 amide bonds. The van der Waals surface area contributed by atoms with E-state index in [9.17, 15) is 4.79 Å². The van der Waals surface area contributed by atoms with E-state index in [-0.39, 0.29) is 16.6 Å². The normalized spacial score (nSPS) is 12.1. The highest BCUT2D eigenvalue weighted by molar-refractivity contribution is 6.32. The molecule has 112 valence electrons. The maximum Gasteiger partial charge on any atom is 0.287 e. The summed E-state index contributed by atoms with van der Waals surface area (Å²) in [5.74, 6) is 0. The molecule has 1 N–H and O–H groups in total. The fraction of sp³-hybridized carbons (Fsp3) is 0.400. The van der Waals surface area contributed by atoms with Gasteiger partial charge in [-0.2, -0.15) is 5.10 Å². The van der Waals surface area contributed by atoms with Gasteiger partial charge in [0.1, 0.15) is 5.02 Å². The molecule has 0 aliphatic carbocycles. The minimum Gasteiger partial charge on any atom is -0.376 e. The fourth-order valence-corrected chi connectivity index (χ4v) is 2.18. The molecule has 0 aromatic carbocycles. The molecule has 1 unspecified atom stereocenters. The molecular formula is C15H19ClN4O. The molecule has 5 nitrogen and oxygen atoms in total. The van der Waals surface area contributed by atoms with Crippen LogP contribution in [0.1, 0.15) is 38.3 Å². The van der Waals surface area contributed by atoms with Gasteiger partial charge >= 0.3 is 0 Å². The standard InChI is InChI=1S/C15H19ClN4O/c1-3-4-8-20-15(21)14(16)13(10-18-20)19-11(2)12-6-5-7-17-9-12/h5-7,9-11,19H,3-4,8H2,1-2H3. The van der Waals surface area contributed by atoms with Crippen LogP contribution in [0.2, 0.25) is 5.02 Å². The first-order valence-electron chi connectivity index (χ1n) is 7.05. The van der Waals surface area contributed by atoms with Crippen LogP contribution in [0.25, 0.3) is 0 Å². The van der Waals surface area contributed by atoms with Crippen LogP contribution in [-0.4, -0.2) is 14.8 Å². The second kappa shape index (κ2) is 7.22. The number of nitrogens with one attached hydrogen (secondary N) is 1. The summed E-state index contributed by atoms with van der Waals surface area (Å²) in [5.41, 5.74) is 1.31. The fourth-order valence-electron chi connectivity index (χ4n) is 1.98. The number of nitrogens with zero attached hydrogens (tertiary/aromatic N) is 3. The van der Waals surface area contributed by atoms with Gasteiger partial charge in [0.25, 0.3) is 5.56 Å². The summed E-state index contributed by atoms with van der Waals surface area (Å²) in [5, 5.41) is 7.55. The van der Waals surface area contributed by atoms with Crippen molar-refractivity contribution in [1.82, 2.24) is 14.8 Å². The maximum absolute atomic E-state index is 12.1. The van der Waals surface area contributed by atoms with Crippen LogP contribution in [0.5, 0.6) is 0 Å². The molecule has 0 aliphatic heterocycles. The van der Waals surface area contributed by atoms with E-state index in [0.29, 0.717) is 12.2 Å². The molecule has 0 saturated carbocycles. The van der Waals surface area contributed by atoms with Crippen LogP contribution in [0, 0.1) is 0 Å². The van der Waals surface area contributed by atoms with Crippen molar-refractivity contribution >= 4 is 17.3 Å². The number of hydrogen-bond donors (Lipinski definition) is 1. The van der Waals surface area contributed by atoms with E-state index < -0.39 is 0 Å². The Morgan fingerprint density at radius 2 is 2.24 bits per heavy atom. The quantitative estimate of drug-likeness (QED) is 0.890. The molecule has 0 radical (unpaired) electrons. The number of aryl methyl sites for hydroxylation is 1. The highest BCUT2D eigenvalue weighted by atomic mass is 35.5. The van der Waals surface area contributed by atoms with Gasteiger partial charge in [-0.1, -0.05) is 31.0 Å².